The highest BCUT2D eigenvalue weighted by molar-refractivity contribution is 8.00. The van der Waals surface area contributed by atoms with Crippen molar-refractivity contribution < 1.29 is 0 Å². The molecule has 2 fully saturated rings. The minimum Gasteiger partial charge on any atom is -0.155 e. The van der Waals surface area contributed by atoms with Crippen LogP contribution in [0.3, 0.4) is 0 Å². The smallest absolute Gasteiger partial charge is 0.00808 e. The van der Waals surface area contributed by atoms with Crippen molar-refractivity contribution >= 4 is 11.8 Å². The summed E-state index contributed by atoms with van der Waals surface area (Å²) < 4.78 is 0. The second-order valence-corrected chi connectivity index (χ2v) is 7.68. The van der Waals surface area contributed by atoms with Gasteiger partial charge in [0.25, 0.3) is 0 Å². The largest absolute Gasteiger partial charge is 0.155 e. The van der Waals surface area contributed by atoms with E-state index < -0.39 is 0 Å². The van der Waals surface area contributed by atoms with Crippen molar-refractivity contribution in [3.8, 4) is 0 Å². The van der Waals surface area contributed by atoms with Crippen LogP contribution in [0.2, 0.25) is 0 Å². The molecule has 0 aromatic rings. The van der Waals surface area contributed by atoms with Gasteiger partial charge in [-0.3, -0.25) is 0 Å². The molecule has 4 atom stereocenters. The fourth-order valence-electron chi connectivity index (χ4n) is 3.60. The van der Waals surface area contributed by atoms with E-state index in [1.807, 2.05) is 0 Å². The molecule has 14 heavy (non-hydrogen) atoms. The van der Waals surface area contributed by atoms with Crippen LogP contribution < -0.4 is 0 Å². The lowest BCUT2D eigenvalue weighted by atomic mass is 9.81. The van der Waals surface area contributed by atoms with Gasteiger partial charge in [0, 0.05) is 5.25 Å². The zero-order valence-corrected chi connectivity index (χ0v) is 10.8. The van der Waals surface area contributed by atoms with E-state index in [1.165, 1.54) is 12.8 Å². The summed E-state index contributed by atoms with van der Waals surface area (Å²) >= 11 is 2.24. The van der Waals surface area contributed by atoms with Gasteiger partial charge in [-0.05, 0) is 48.2 Å². The Kier molecular flexibility index (Phi) is 3.16. The van der Waals surface area contributed by atoms with Crippen molar-refractivity contribution in [1.29, 1.82) is 0 Å². The van der Waals surface area contributed by atoms with Crippen molar-refractivity contribution in [3.05, 3.63) is 0 Å². The Morgan fingerprint density at radius 2 is 1.64 bits per heavy atom. The Morgan fingerprint density at radius 3 is 2.07 bits per heavy atom. The number of hydrogen-bond acceptors (Lipinski definition) is 1. The van der Waals surface area contributed by atoms with Gasteiger partial charge >= 0.3 is 0 Å². The number of thioether (sulfide) groups is 1. The SMILES string of the molecule is CC(C)SC1CC2CC1CC2C(C)C. The second kappa shape index (κ2) is 4.08. The molecule has 2 aliphatic carbocycles. The molecular formula is C13H24S. The van der Waals surface area contributed by atoms with E-state index in [4.69, 9.17) is 0 Å². The maximum Gasteiger partial charge on any atom is 0.00808 e. The van der Waals surface area contributed by atoms with Crippen LogP contribution in [0.4, 0.5) is 0 Å². The van der Waals surface area contributed by atoms with Crippen LogP contribution in [-0.2, 0) is 0 Å². The minimum absolute atomic E-state index is 0.830. The Bertz CT molecular complexity index is 197. The first-order valence-corrected chi connectivity index (χ1v) is 7.17. The van der Waals surface area contributed by atoms with Gasteiger partial charge in [-0.2, -0.15) is 11.8 Å². The van der Waals surface area contributed by atoms with Crippen LogP contribution in [0.1, 0.15) is 47.0 Å². The van der Waals surface area contributed by atoms with Gasteiger partial charge in [0.05, 0.1) is 0 Å². The van der Waals surface area contributed by atoms with E-state index in [-0.39, 0.29) is 0 Å². The molecule has 0 radical (unpaired) electrons. The first-order valence-electron chi connectivity index (χ1n) is 6.23. The molecule has 4 unspecified atom stereocenters. The van der Waals surface area contributed by atoms with E-state index in [0.717, 1.165) is 34.2 Å². The molecule has 2 saturated carbocycles. The van der Waals surface area contributed by atoms with Crippen LogP contribution >= 0.6 is 11.8 Å². The second-order valence-electron chi connectivity index (χ2n) is 5.86. The molecular weight excluding hydrogens is 188 g/mol. The maximum atomic E-state index is 2.41. The maximum absolute atomic E-state index is 2.41. The Labute approximate surface area is 93.2 Å². The van der Waals surface area contributed by atoms with Gasteiger partial charge in [0.15, 0.2) is 0 Å². The highest BCUT2D eigenvalue weighted by Crippen LogP contribution is 2.55. The Morgan fingerprint density at radius 1 is 0.929 bits per heavy atom. The molecule has 2 bridgehead atoms. The molecule has 0 N–H and O–H groups in total. The standard InChI is InChI=1S/C13H24S/c1-8(2)12-6-11-5-10(12)7-13(11)14-9(3)4/h8-13H,5-7H2,1-4H3. The summed E-state index contributed by atoms with van der Waals surface area (Å²) in [4.78, 5) is 0. The summed E-state index contributed by atoms with van der Waals surface area (Å²) in [7, 11) is 0. The van der Waals surface area contributed by atoms with Crippen LogP contribution in [0.15, 0.2) is 0 Å². The van der Waals surface area contributed by atoms with Crippen LogP contribution in [0.25, 0.3) is 0 Å². The van der Waals surface area contributed by atoms with E-state index in [1.54, 1.807) is 6.42 Å². The van der Waals surface area contributed by atoms with Gasteiger partial charge < -0.3 is 0 Å². The fourth-order valence-corrected chi connectivity index (χ4v) is 5.10. The fraction of sp³-hybridized carbons (Fsp3) is 1.00. The molecule has 0 aromatic carbocycles. The van der Waals surface area contributed by atoms with E-state index in [2.05, 4.69) is 39.5 Å². The minimum atomic E-state index is 0.830. The molecule has 0 aliphatic heterocycles. The third kappa shape index (κ3) is 1.98. The molecule has 2 aliphatic rings. The lowest BCUT2D eigenvalue weighted by Crippen LogP contribution is -2.23. The summed E-state index contributed by atoms with van der Waals surface area (Å²) in [5, 5.41) is 1.84. The first kappa shape index (κ1) is 10.9. The zero-order chi connectivity index (χ0) is 10.3. The average molecular weight is 212 g/mol. The first-order chi connectivity index (χ1) is 6.58. The third-order valence-electron chi connectivity index (χ3n) is 4.15. The monoisotopic (exact) mass is 212 g/mol. The van der Waals surface area contributed by atoms with Crippen molar-refractivity contribution in [1.82, 2.24) is 0 Å². The van der Waals surface area contributed by atoms with Crippen molar-refractivity contribution in [3.63, 3.8) is 0 Å². The topological polar surface area (TPSA) is 0 Å². The van der Waals surface area contributed by atoms with Gasteiger partial charge in [-0.15, -0.1) is 0 Å². The van der Waals surface area contributed by atoms with E-state index >= 15 is 0 Å². The molecule has 0 aromatic heterocycles. The highest BCUT2D eigenvalue weighted by atomic mass is 32.2. The summed E-state index contributed by atoms with van der Waals surface area (Å²) in [5.41, 5.74) is 0. The van der Waals surface area contributed by atoms with Crippen LogP contribution in [0.5, 0.6) is 0 Å². The molecule has 0 saturated heterocycles. The molecule has 2 rings (SSSR count). The number of fused-ring (bicyclic) bond motifs is 2. The quantitative estimate of drug-likeness (QED) is 0.675. The van der Waals surface area contributed by atoms with Gasteiger partial charge in [-0.1, -0.05) is 27.7 Å². The molecule has 0 spiro atoms. The van der Waals surface area contributed by atoms with Gasteiger partial charge in [0.1, 0.15) is 0 Å². The summed E-state index contributed by atoms with van der Waals surface area (Å²) in [5.74, 6) is 4.13. The summed E-state index contributed by atoms with van der Waals surface area (Å²) in [6, 6.07) is 0. The molecule has 82 valence electrons. The van der Waals surface area contributed by atoms with Gasteiger partial charge in [-0.25, -0.2) is 0 Å². The molecule has 0 amide bonds. The van der Waals surface area contributed by atoms with Crippen molar-refractivity contribution in [2.75, 3.05) is 0 Å². The molecule has 0 nitrogen and oxygen atoms in total. The van der Waals surface area contributed by atoms with Crippen LogP contribution in [0, 0.1) is 23.7 Å². The predicted molar refractivity (Wildman–Crippen MR) is 65.7 cm³/mol. The van der Waals surface area contributed by atoms with Gasteiger partial charge in [0.2, 0.25) is 0 Å². The molecule has 0 heterocycles. The predicted octanol–water partition coefficient (Wildman–Crippen LogP) is 4.20. The highest BCUT2D eigenvalue weighted by Gasteiger charge is 2.46. The van der Waals surface area contributed by atoms with E-state index in [9.17, 15) is 0 Å². The lowest BCUT2D eigenvalue weighted by Gasteiger charge is -2.30. The zero-order valence-electron chi connectivity index (χ0n) is 9.99. The summed E-state index contributed by atoms with van der Waals surface area (Å²) in [6.45, 7) is 9.51. The van der Waals surface area contributed by atoms with Crippen LogP contribution in [-0.4, -0.2) is 10.5 Å². The van der Waals surface area contributed by atoms with E-state index in [0.29, 0.717) is 0 Å². The number of hydrogen-bond donors (Lipinski definition) is 0. The van der Waals surface area contributed by atoms with Crippen molar-refractivity contribution in [2.24, 2.45) is 23.7 Å². The Balaban J connectivity index is 1.90. The average Bonchev–Trinajstić information content (AvgIpc) is 2.60. The Hall–Kier alpha value is 0.350. The lowest BCUT2D eigenvalue weighted by molar-refractivity contribution is 0.260. The van der Waals surface area contributed by atoms with Crippen molar-refractivity contribution in [2.45, 2.75) is 57.5 Å². The summed E-state index contributed by atoms with van der Waals surface area (Å²) in [6.07, 6.45) is 4.61. The number of rotatable bonds is 3. The third-order valence-corrected chi connectivity index (χ3v) is 5.62. The normalized spacial score (nSPS) is 41.6. The molecule has 1 heteroatoms.